The van der Waals surface area contributed by atoms with Crippen molar-refractivity contribution in [1.82, 2.24) is 0 Å². The highest BCUT2D eigenvalue weighted by Crippen LogP contribution is 2.29. The first kappa shape index (κ1) is 18.8. The molecule has 2 aromatic rings. The van der Waals surface area contributed by atoms with Gasteiger partial charge in [-0.25, -0.2) is 4.79 Å². The number of nitriles is 1. The van der Waals surface area contributed by atoms with Crippen LogP contribution >= 0.6 is 0 Å². The van der Waals surface area contributed by atoms with Gasteiger partial charge in [-0.05, 0) is 37.3 Å². The molecular formula is C19H18N2O5. The van der Waals surface area contributed by atoms with Gasteiger partial charge in [-0.2, -0.15) is 5.26 Å². The fraction of sp³-hybridized carbons (Fsp3) is 0.211. The van der Waals surface area contributed by atoms with Crippen molar-refractivity contribution in [3.8, 4) is 17.6 Å². The Labute approximate surface area is 151 Å². The Balaban J connectivity index is 2.08. The van der Waals surface area contributed by atoms with E-state index in [0.29, 0.717) is 22.7 Å². The Hall–Kier alpha value is -3.53. The van der Waals surface area contributed by atoms with Crippen LogP contribution in [-0.2, 0) is 9.53 Å². The number of hydrogen-bond acceptors (Lipinski definition) is 6. The molecule has 134 valence electrons. The van der Waals surface area contributed by atoms with Gasteiger partial charge in [-0.15, -0.1) is 0 Å². The second-order valence-corrected chi connectivity index (χ2v) is 5.30. The van der Waals surface area contributed by atoms with Crippen LogP contribution < -0.4 is 14.8 Å². The lowest BCUT2D eigenvalue weighted by molar-refractivity contribution is -0.123. The lowest BCUT2D eigenvalue weighted by atomic mass is 10.1. The fourth-order valence-corrected chi connectivity index (χ4v) is 2.14. The molecule has 7 nitrogen and oxygen atoms in total. The zero-order valence-electron chi connectivity index (χ0n) is 14.6. The van der Waals surface area contributed by atoms with Crippen molar-refractivity contribution < 1.29 is 23.8 Å². The van der Waals surface area contributed by atoms with Crippen molar-refractivity contribution in [2.75, 3.05) is 19.5 Å². The SMILES string of the molecule is COc1ccc(OC)c(NC(=O)C(C)OC(=O)c2cccc(C#N)c2)c1. The Morgan fingerprint density at radius 2 is 1.88 bits per heavy atom. The third-order valence-electron chi connectivity index (χ3n) is 3.54. The average molecular weight is 354 g/mol. The summed E-state index contributed by atoms with van der Waals surface area (Å²) in [5.41, 5.74) is 0.923. The number of hydrogen-bond donors (Lipinski definition) is 1. The number of amides is 1. The van der Waals surface area contributed by atoms with Gasteiger partial charge in [0.2, 0.25) is 0 Å². The molecule has 1 N–H and O–H groups in total. The number of methoxy groups -OCH3 is 2. The second-order valence-electron chi connectivity index (χ2n) is 5.30. The smallest absolute Gasteiger partial charge is 0.338 e. The number of carbonyl (C=O) groups excluding carboxylic acids is 2. The van der Waals surface area contributed by atoms with Crippen LogP contribution in [0.2, 0.25) is 0 Å². The van der Waals surface area contributed by atoms with Gasteiger partial charge < -0.3 is 19.5 Å². The third-order valence-corrected chi connectivity index (χ3v) is 3.54. The monoisotopic (exact) mass is 354 g/mol. The molecular weight excluding hydrogens is 336 g/mol. The van der Waals surface area contributed by atoms with E-state index in [1.807, 2.05) is 6.07 Å². The molecule has 0 fully saturated rings. The number of nitrogens with one attached hydrogen (secondary N) is 1. The maximum atomic E-state index is 12.3. The molecule has 0 aliphatic carbocycles. The van der Waals surface area contributed by atoms with Gasteiger partial charge >= 0.3 is 5.97 Å². The minimum absolute atomic E-state index is 0.197. The number of rotatable bonds is 6. The lowest BCUT2D eigenvalue weighted by Crippen LogP contribution is -2.30. The molecule has 0 aliphatic rings. The van der Waals surface area contributed by atoms with Crippen molar-refractivity contribution in [3.63, 3.8) is 0 Å². The number of nitrogens with zero attached hydrogens (tertiary/aromatic N) is 1. The molecule has 2 aromatic carbocycles. The maximum Gasteiger partial charge on any atom is 0.338 e. The predicted octanol–water partition coefficient (Wildman–Crippen LogP) is 2.76. The average Bonchev–Trinajstić information content (AvgIpc) is 2.67. The van der Waals surface area contributed by atoms with Crippen LogP contribution in [0.15, 0.2) is 42.5 Å². The molecule has 2 rings (SSSR count). The number of anilines is 1. The summed E-state index contributed by atoms with van der Waals surface area (Å²) in [4.78, 5) is 24.5. The summed E-state index contributed by atoms with van der Waals surface area (Å²) in [5, 5.41) is 11.5. The predicted molar refractivity (Wildman–Crippen MR) is 94.2 cm³/mol. The van der Waals surface area contributed by atoms with E-state index in [1.165, 1.54) is 33.3 Å². The number of ether oxygens (including phenoxy) is 3. The molecule has 1 unspecified atom stereocenters. The van der Waals surface area contributed by atoms with E-state index in [0.717, 1.165) is 0 Å². The summed E-state index contributed by atoms with van der Waals surface area (Å²) in [6.07, 6.45) is -1.05. The number of carbonyl (C=O) groups is 2. The van der Waals surface area contributed by atoms with E-state index in [-0.39, 0.29) is 5.56 Å². The summed E-state index contributed by atoms with van der Waals surface area (Å²) >= 11 is 0. The van der Waals surface area contributed by atoms with Gasteiger partial charge in [0, 0.05) is 6.07 Å². The van der Waals surface area contributed by atoms with E-state index < -0.39 is 18.0 Å². The fourth-order valence-electron chi connectivity index (χ4n) is 2.14. The van der Waals surface area contributed by atoms with Gasteiger partial charge in [0.15, 0.2) is 6.10 Å². The Bertz CT molecular complexity index is 857. The molecule has 1 amide bonds. The molecule has 0 saturated heterocycles. The molecule has 26 heavy (non-hydrogen) atoms. The van der Waals surface area contributed by atoms with Crippen LogP contribution in [-0.4, -0.2) is 32.2 Å². The highest BCUT2D eigenvalue weighted by Gasteiger charge is 2.20. The molecule has 0 heterocycles. The van der Waals surface area contributed by atoms with Gasteiger partial charge in [-0.1, -0.05) is 6.07 Å². The summed E-state index contributed by atoms with van der Waals surface area (Å²) in [7, 11) is 2.98. The first-order valence-electron chi connectivity index (χ1n) is 7.72. The second kappa shape index (κ2) is 8.53. The highest BCUT2D eigenvalue weighted by molar-refractivity contribution is 5.98. The molecule has 7 heteroatoms. The van der Waals surface area contributed by atoms with Crippen molar-refractivity contribution in [2.24, 2.45) is 0 Å². The third kappa shape index (κ3) is 4.51. The van der Waals surface area contributed by atoms with Gasteiger partial charge in [-0.3, -0.25) is 4.79 Å². The van der Waals surface area contributed by atoms with Crippen LogP contribution in [0.5, 0.6) is 11.5 Å². The first-order chi connectivity index (χ1) is 12.5. The Morgan fingerprint density at radius 1 is 1.12 bits per heavy atom. The van der Waals surface area contributed by atoms with Crippen LogP contribution in [0.3, 0.4) is 0 Å². The van der Waals surface area contributed by atoms with Crippen molar-refractivity contribution in [3.05, 3.63) is 53.6 Å². The van der Waals surface area contributed by atoms with Gasteiger partial charge in [0.05, 0.1) is 37.1 Å². The maximum absolute atomic E-state index is 12.3. The first-order valence-corrected chi connectivity index (χ1v) is 7.72. The Morgan fingerprint density at radius 3 is 2.54 bits per heavy atom. The highest BCUT2D eigenvalue weighted by atomic mass is 16.5. The normalized spacial score (nSPS) is 11.0. The van der Waals surface area contributed by atoms with Gasteiger partial charge in [0.1, 0.15) is 11.5 Å². The number of esters is 1. The van der Waals surface area contributed by atoms with Crippen molar-refractivity contribution >= 4 is 17.6 Å². The van der Waals surface area contributed by atoms with Crippen LogP contribution in [0.1, 0.15) is 22.8 Å². The van der Waals surface area contributed by atoms with E-state index >= 15 is 0 Å². The number of benzene rings is 2. The minimum Gasteiger partial charge on any atom is -0.497 e. The molecule has 0 saturated carbocycles. The van der Waals surface area contributed by atoms with Crippen LogP contribution in [0.4, 0.5) is 5.69 Å². The molecule has 0 spiro atoms. The molecule has 0 aromatic heterocycles. The van der Waals surface area contributed by atoms with E-state index in [4.69, 9.17) is 19.5 Å². The molecule has 0 radical (unpaired) electrons. The van der Waals surface area contributed by atoms with E-state index in [1.54, 1.807) is 30.3 Å². The zero-order chi connectivity index (χ0) is 19.1. The quantitative estimate of drug-likeness (QED) is 0.801. The Kier molecular flexibility index (Phi) is 6.17. The van der Waals surface area contributed by atoms with Gasteiger partial charge in [0.25, 0.3) is 5.91 Å². The standard InChI is InChI=1S/C19H18N2O5/c1-12(26-19(23)14-6-4-5-13(9-14)11-20)18(22)21-16-10-15(24-2)7-8-17(16)25-3/h4-10,12H,1-3H3,(H,21,22). The van der Waals surface area contributed by atoms with Crippen molar-refractivity contribution in [1.29, 1.82) is 5.26 Å². The minimum atomic E-state index is -1.05. The van der Waals surface area contributed by atoms with E-state index in [2.05, 4.69) is 5.32 Å². The molecule has 1 atom stereocenters. The largest absolute Gasteiger partial charge is 0.497 e. The zero-order valence-corrected chi connectivity index (χ0v) is 14.6. The van der Waals surface area contributed by atoms with Crippen LogP contribution in [0, 0.1) is 11.3 Å². The molecule has 0 aliphatic heterocycles. The summed E-state index contributed by atoms with van der Waals surface area (Å²) in [5.74, 6) is -0.234. The van der Waals surface area contributed by atoms with E-state index in [9.17, 15) is 9.59 Å². The van der Waals surface area contributed by atoms with Crippen LogP contribution in [0.25, 0.3) is 0 Å². The summed E-state index contributed by atoms with van der Waals surface area (Å²) in [6, 6.07) is 12.9. The summed E-state index contributed by atoms with van der Waals surface area (Å²) in [6.45, 7) is 1.45. The molecule has 0 bridgehead atoms. The lowest BCUT2D eigenvalue weighted by Gasteiger charge is -2.16. The topological polar surface area (TPSA) is 97.7 Å². The summed E-state index contributed by atoms with van der Waals surface area (Å²) < 4.78 is 15.5. The van der Waals surface area contributed by atoms with Crippen molar-refractivity contribution in [2.45, 2.75) is 13.0 Å².